The summed E-state index contributed by atoms with van der Waals surface area (Å²) in [5.41, 5.74) is 0. The fourth-order valence-corrected chi connectivity index (χ4v) is 2.07. The fourth-order valence-electron chi connectivity index (χ4n) is 1.71. The average Bonchev–Trinajstić information content (AvgIpc) is 2.13. The van der Waals surface area contributed by atoms with Crippen molar-refractivity contribution >= 4 is 11.8 Å². The van der Waals surface area contributed by atoms with E-state index in [1.54, 1.807) is 0 Å². The highest BCUT2D eigenvalue weighted by molar-refractivity contribution is 7.99. The maximum atomic E-state index is 5.51. The maximum Gasteiger partial charge on any atom is 0.0604 e. The second-order valence-corrected chi connectivity index (χ2v) is 5.31. The van der Waals surface area contributed by atoms with Gasteiger partial charge in [0.15, 0.2) is 0 Å². The minimum absolute atomic E-state index is 0.537. The van der Waals surface area contributed by atoms with Crippen LogP contribution in [0.1, 0.15) is 33.1 Å². The van der Waals surface area contributed by atoms with Crippen LogP contribution in [0.15, 0.2) is 0 Å². The van der Waals surface area contributed by atoms with Crippen molar-refractivity contribution in [3.05, 3.63) is 0 Å². The van der Waals surface area contributed by atoms with Crippen molar-refractivity contribution in [1.82, 2.24) is 5.32 Å². The summed E-state index contributed by atoms with van der Waals surface area (Å²) in [5.74, 6) is 0. The number of ether oxygens (including phenoxy) is 1. The minimum Gasteiger partial charge on any atom is -0.378 e. The van der Waals surface area contributed by atoms with Gasteiger partial charge in [-0.25, -0.2) is 0 Å². The highest BCUT2D eigenvalue weighted by Crippen LogP contribution is 2.23. The van der Waals surface area contributed by atoms with Gasteiger partial charge in [-0.3, -0.25) is 0 Å². The monoisotopic (exact) mass is 217 g/mol. The zero-order valence-corrected chi connectivity index (χ0v) is 10.4. The van der Waals surface area contributed by atoms with Crippen LogP contribution < -0.4 is 5.32 Å². The maximum absolute atomic E-state index is 5.51. The lowest BCUT2D eigenvalue weighted by molar-refractivity contribution is -0.00971. The molecule has 0 amide bonds. The van der Waals surface area contributed by atoms with E-state index in [0.29, 0.717) is 6.10 Å². The van der Waals surface area contributed by atoms with Crippen LogP contribution in [0.25, 0.3) is 0 Å². The van der Waals surface area contributed by atoms with Crippen LogP contribution in [0.2, 0.25) is 0 Å². The molecule has 0 aromatic carbocycles. The summed E-state index contributed by atoms with van der Waals surface area (Å²) in [6, 6.07) is 0.723. The van der Waals surface area contributed by atoms with Crippen LogP contribution in [0.4, 0.5) is 0 Å². The molecule has 2 nitrogen and oxygen atoms in total. The van der Waals surface area contributed by atoms with E-state index in [2.05, 4.69) is 25.4 Å². The van der Waals surface area contributed by atoms with E-state index in [1.165, 1.54) is 19.3 Å². The van der Waals surface area contributed by atoms with Gasteiger partial charge in [-0.15, -0.1) is 0 Å². The van der Waals surface area contributed by atoms with Crippen molar-refractivity contribution in [3.8, 4) is 0 Å². The van der Waals surface area contributed by atoms with Gasteiger partial charge in [-0.05, 0) is 39.0 Å². The number of hydrogen-bond donors (Lipinski definition) is 1. The fraction of sp³-hybridized carbons (Fsp3) is 1.00. The summed E-state index contributed by atoms with van der Waals surface area (Å²) >= 11 is 1.95. The molecular weight excluding hydrogens is 194 g/mol. The smallest absolute Gasteiger partial charge is 0.0604 e. The molecule has 0 aromatic heterocycles. The molecule has 1 N–H and O–H groups in total. The normalized spacial score (nSPS) is 28.5. The topological polar surface area (TPSA) is 21.3 Å². The van der Waals surface area contributed by atoms with Gasteiger partial charge in [0, 0.05) is 17.9 Å². The van der Waals surface area contributed by atoms with Crippen molar-refractivity contribution in [2.75, 3.05) is 19.4 Å². The van der Waals surface area contributed by atoms with E-state index < -0.39 is 0 Å². The van der Waals surface area contributed by atoms with Crippen LogP contribution in [0.5, 0.6) is 0 Å². The van der Waals surface area contributed by atoms with Gasteiger partial charge in [0.1, 0.15) is 0 Å². The van der Waals surface area contributed by atoms with Crippen molar-refractivity contribution in [3.63, 3.8) is 0 Å². The lowest BCUT2D eigenvalue weighted by Crippen LogP contribution is -2.46. The van der Waals surface area contributed by atoms with Gasteiger partial charge in [0.25, 0.3) is 0 Å². The van der Waals surface area contributed by atoms with Crippen molar-refractivity contribution < 1.29 is 4.74 Å². The van der Waals surface area contributed by atoms with E-state index in [4.69, 9.17) is 4.74 Å². The van der Waals surface area contributed by atoms with Gasteiger partial charge >= 0.3 is 0 Å². The Labute approximate surface area is 92.2 Å². The summed E-state index contributed by atoms with van der Waals surface area (Å²) in [5, 5.41) is 4.36. The summed E-state index contributed by atoms with van der Waals surface area (Å²) in [6.45, 7) is 6.38. The highest BCUT2D eigenvalue weighted by Gasteiger charge is 2.28. The lowest BCUT2D eigenvalue weighted by atomic mass is 9.89. The molecule has 0 spiro atoms. The first kappa shape index (κ1) is 12.3. The second kappa shape index (κ2) is 6.70. The molecule has 1 aliphatic rings. The highest BCUT2D eigenvalue weighted by atomic mass is 32.2. The molecule has 0 aromatic rings. The predicted molar refractivity (Wildman–Crippen MR) is 64.0 cm³/mol. The van der Waals surface area contributed by atoms with Crippen molar-refractivity contribution in [2.45, 2.75) is 50.5 Å². The zero-order chi connectivity index (χ0) is 10.4. The third-order valence-corrected chi connectivity index (χ3v) is 3.92. The largest absolute Gasteiger partial charge is 0.378 e. The van der Waals surface area contributed by atoms with Crippen LogP contribution >= 0.6 is 11.8 Å². The third kappa shape index (κ3) is 4.20. The predicted octanol–water partition coefficient (Wildman–Crippen LogP) is 2.29. The van der Waals surface area contributed by atoms with Crippen molar-refractivity contribution in [2.24, 2.45) is 0 Å². The Kier molecular flexibility index (Phi) is 5.90. The van der Waals surface area contributed by atoms with Crippen LogP contribution in [-0.2, 0) is 4.74 Å². The van der Waals surface area contributed by atoms with Crippen LogP contribution in [0, 0.1) is 0 Å². The summed E-state index contributed by atoms with van der Waals surface area (Å²) < 4.78 is 5.51. The van der Waals surface area contributed by atoms with E-state index in [9.17, 15) is 0 Å². The first-order valence-electron chi connectivity index (χ1n) is 5.64. The molecule has 0 saturated heterocycles. The molecule has 1 rings (SSSR count). The molecule has 1 atom stereocenters. The molecular formula is C11H23NOS. The Balaban J connectivity index is 1.90. The minimum atomic E-state index is 0.537. The van der Waals surface area contributed by atoms with E-state index in [1.807, 2.05) is 11.8 Å². The Morgan fingerprint density at radius 2 is 2.21 bits per heavy atom. The van der Waals surface area contributed by atoms with E-state index in [-0.39, 0.29) is 0 Å². The van der Waals surface area contributed by atoms with Gasteiger partial charge in [0.2, 0.25) is 0 Å². The number of nitrogens with one attached hydrogen (secondary N) is 1. The van der Waals surface area contributed by atoms with Crippen molar-refractivity contribution in [1.29, 1.82) is 0 Å². The molecule has 0 radical (unpaired) electrons. The van der Waals surface area contributed by atoms with Gasteiger partial charge in [-0.2, -0.15) is 11.8 Å². The molecule has 14 heavy (non-hydrogen) atoms. The summed E-state index contributed by atoms with van der Waals surface area (Å²) in [4.78, 5) is 0. The number of hydrogen-bond acceptors (Lipinski definition) is 3. The molecule has 0 aliphatic heterocycles. The Hall–Kier alpha value is 0.270. The lowest BCUT2D eigenvalue weighted by Gasteiger charge is -2.35. The molecule has 1 aliphatic carbocycles. The molecule has 0 heterocycles. The molecule has 1 saturated carbocycles. The third-order valence-electron chi connectivity index (χ3n) is 2.88. The standard InChI is InChI=1S/C11H23NOS/c1-4-13-11-7-10(8-11)12-6-5-9(2)14-3/h9-12H,4-8H2,1-3H3. The molecule has 1 unspecified atom stereocenters. The molecule has 1 fully saturated rings. The number of rotatable bonds is 7. The molecule has 84 valence electrons. The Bertz CT molecular complexity index is 148. The SMILES string of the molecule is CCOC1CC(NCCC(C)SC)C1. The quantitative estimate of drug-likeness (QED) is 0.707. The van der Waals surface area contributed by atoms with Crippen LogP contribution in [0.3, 0.4) is 0 Å². The van der Waals surface area contributed by atoms with Gasteiger partial charge in [0.05, 0.1) is 6.10 Å². The summed E-state index contributed by atoms with van der Waals surface area (Å²) in [7, 11) is 0. The molecule has 0 bridgehead atoms. The first-order chi connectivity index (χ1) is 6.76. The second-order valence-electron chi connectivity index (χ2n) is 4.03. The first-order valence-corrected chi connectivity index (χ1v) is 6.92. The Morgan fingerprint density at radius 3 is 2.79 bits per heavy atom. The van der Waals surface area contributed by atoms with Gasteiger partial charge in [-0.1, -0.05) is 6.92 Å². The Morgan fingerprint density at radius 1 is 1.50 bits per heavy atom. The molecule has 3 heteroatoms. The summed E-state index contributed by atoms with van der Waals surface area (Å²) in [6.07, 6.45) is 6.41. The van der Waals surface area contributed by atoms with Crippen LogP contribution in [-0.4, -0.2) is 36.8 Å². The van der Waals surface area contributed by atoms with E-state index in [0.717, 1.165) is 24.4 Å². The van der Waals surface area contributed by atoms with Gasteiger partial charge < -0.3 is 10.1 Å². The zero-order valence-electron chi connectivity index (χ0n) is 9.58. The number of thioether (sulfide) groups is 1. The van der Waals surface area contributed by atoms with E-state index >= 15 is 0 Å². The average molecular weight is 217 g/mol.